The van der Waals surface area contributed by atoms with Crippen LogP contribution in [0.25, 0.3) is 5.69 Å². The molecule has 26 heavy (non-hydrogen) atoms. The normalized spacial score (nSPS) is 10.5. The van der Waals surface area contributed by atoms with Gasteiger partial charge in [0.25, 0.3) is 5.69 Å². The Balaban J connectivity index is 1.59. The quantitative estimate of drug-likeness (QED) is 0.393. The SMILES string of the molecule is O=C(CSc1ncn(-c2ccccc2)n1)Nc1ccc(Cl)c([N+](=O)[O-])c1. The van der Waals surface area contributed by atoms with Gasteiger partial charge in [-0.3, -0.25) is 14.9 Å². The Morgan fingerprint density at radius 1 is 1.27 bits per heavy atom. The van der Waals surface area contributed by atoms with Crippen molar-refractivity contribution in [1.29, 1.82) is 0 Å². The number of para-hydroxylation sites is 1. The number of halogens is 1. The Bertz CT molecular complexity index is 948. The minimum atomic E-state index is -0.604. The van der Waals surface area contributed by atoms with Crippen LogP contribution in [0.4, 0.5) is 11.4 Å². The summed E-state index contributed by atoms with van der Waals surface area (Å²) in [6.07, 6.45) is 1.57. The van der Waals surface area contributed by atoms with E-state index >= 15 is 0 Å². The number of nitro benzene ring substituents is 1. The number of benzene rings is 2. The van der Waals surface area contributed by atoms with Gasteiger partial charge in [0.1, 0.15) is 11.3 Å². The lowest BCUT2D eigenvalue weighted by Crippen LogP contribution is -2.14. The molecule has 0 saturated carbocycles. The van der Waals surface area contributed by atoms with Gasteiger partial charge in [0.2, 0.25) is 11.1 Å². The molecule has 0 radical (unpaired) electrons. The molecule has 0 fully saturated rings. The molecular weight excluding hydrogens is 378 g/mol. The number of aromatic nitrogens is 3. The third kappa shape index (κ3) is 4.38. The van der Waals surface area contributed by atoms with Crippen LogP contribution in [0.2, 0.25) is 5.02 Å². The van der Waals surface area contributed by atoms with E-state index in [-0.39, 0.29) is 22.4 Å². The number of carbonyl (C=O) groups excluding carboxylic acids is 1. The molecule has 1 aromatic heterocycles. The average Bonchev–Trinajstić information content (AvgIpc) is 3.11. The zero-order valence-electron chi connectivity index (χ0n) is 13.2. The number of hydrogen-bond acceptors (Lipinski definition) is 6. The fourth-order valence-corrected chi connectivity index (χ4v) is 2.86. The van der Waals surface area contributed by atoms with E-state index in [1.807, 2.05) is 30.3 Å². The Hall–Kier alpha value is -2.91. The zero-order valence-corrected chi connectivity index (χ0v) is 14.8. The van der Waals surface area contributed by atoms with E-state index in [9.17, 15) is 14.9 Å². The van der Waals surface area contributed by atoms with Crippen molar-refractivity contribution in [2.45, 2.75) is 5.16 Å². The molecule has 0 bridgehead atoms. The van der Waals surface area contributed by atoms with E-state index < -0.39 is 4.92 Å². The van der Waals surface area contributed by atoms with Gasteiger partial charge in [0.05, 0.1) is 16.4 Å². The first-order valence-corrected chi connectivity index (χ1v) is 8.73. The number of carbonyl (C=O) groups is 1. The number of nitro groups is 1. The molecule has 0 spiro atoms. The molecule has 0 saturated heterocycles. The fourth-order valence-electron chi connectivity index (χ4n) is 2.08. The Labute approximate surface area is 157 Å². The fraction of sp³-hybridized carbons (Fsp3) is 0.0625. The highest BCUT2D eigenvalue weighted by Gasteiger charge is 2.14. The lowest BCUT2D eigenvalue weighted by Gasteiger charge is -2.04. The van der Waals surface area contributed by atoms with Crippen LogP contribution in [0, 0.1) is 10.1 Å². The molecule has 132 valence electrons. The third-order valence-corrected chi connectivity index (χ3v) is 4.42. The molecule has 0 aliphatic carbocycles. The van der Waals surface area contributed by atoms with Gasteiger partial charge in [-0.05, 0) is 24.3 Å². The van der Waals surface area contributed by atoms with Crippen LogP contribution in [0.3, 0.4) is 0 Å². The number of hydrogen-bond donors (Lipinski definition) is 1. The van der Waals surface area contributed by atoms with Crippen molar-refractivity contribution in [2.75, 3.05) is 11.1 Å². The minimum Gasteiger partial charge on any atom is -0.325 e. The predicted molar refractivity (Wildman–Crippen MR) is 98.8 cm³/mol. The lowest BCUT2D eigenvalue weighted by atomic mass is 10.3. The van der Waals surface area contributed by atoms with E-state index in [1.165, 1.54) is 18.2 Å². The lowest BCUT2D eigenvalue weighted by molar-refractivity contribution is -0.384. The maximum absolute atomic E-state index is 12.0. The van der Waals surface area contributed by atoms with Gasteiger partial charge >= 0.3 is 0 Å². The van der Waals surface area contributed by atoms with Crippen molar-refractivity contribution in [1.82, 2.24) is 14.8 Å². The number of nitrogens with zero attached hydrogens (tertiary/aromatic N) is 4. The van der Waals surface area contributed by atoms with E-state index in [2.05, 4.69) is 15.4 Å². The van der Waals surface area contributed by atoms with Crippen LogP contribution < -0.4 is 5.32 Å². The number of anilines is 1. The Morgan fingerprint density at radius 2 is 2.04 bits per heavy atom. The van der Waals surface area contributed by atoms with Gasteiger partial charge in [-0.2, -0.15) is 0 Å². The molecule has 3 rings (SSSR count). The molecule has 10 heteroatoms. The van der Waals surface area contributed by atoms with Gasteiger partial charge < -0.3 is 5.32 Å². The van der Waals surface area contributed by atoms with Gasteiger partial charge in [-0.25, -0.2) is 9.67 Å². The summed E-state index contributed by atoms with van der Waals surface area (Å²) in [5.74, 6) is -0.266. The van der Waals surface area contributed by atoms with Gasteiger partial charge in [-0.15, -0.1) is 5.10 Å². The summed E-state index contributed by atoms with van der Waals surface area (Å²) in [7, 11) is 0. The summed E-state index contributed by atoms with van der Waals surface area (Å²) in [6.45, 7) is 0. The van der Waals surface area contributed by atoms with Gasteiger partial charge in [-0.1, -0.05) is 41.6 Å². The summed E-state index contributed by atoms with van der Waals surface area (Å²) in [5, 5.41) is 18.2. The van der Waals surface area contributed by atoms with Crippen molar-refractivity contribution in [2.24, 2.45) is 0 Å². The van der Waals surface area contributed by atoms with Crippen LogP contribution in [0.1, 0.15) is 0 Å². The number of amides is 1. The molecular formula is C16H12ClN5O3S. The van der Waals surface area contributed by atoms with Gasteiger partial charge in [0, 0.05) is 11.8 Å². The second-order valence-electron chi connectivity index (χ2n) is 5.07. The molecule has 0 atom stereocenters. The summed E-state index contributed by atoms with van der Waals surface area (Å²) < 4.78 is 1.61. The summed E-state index contributed by atoms with van der Waals surface area (Å²) in [6, 6.07) is 13.6. The van der Waals surface area contributed by atoms with Gasteiger partial charge in [0.15, 0.2) is 0 Å². The molecule has 1 amide bonds. The summed E-state index contributed by atoms with van der Waals surface area (Å²) in [4.78, 5) is 26.5. The van der Waals surface area contributed by atoms with Crippen LogP contribution in [0.5, 0.6) is 0 Å². The second kappa shape index (κ2) is 7.98. The van der Waals surface area contributed by atoms with E-state index in [1.54, 1.807) is 11.0 Å². The molecule has 3 aromatic rings. The molecule has 1 heterocycles. The van der Waals surface area contributed by atoms with Crippen LogP contribution >= 0.6 is 23.4 Å². The zero-order chi connectivity index (χ0) is 18.5. The van der Waals surface area contributed by atoms with Crippen molar-refractivity contribution >= 4 is 40.6 Å². The largest absolute Gasteiger partial charge is 0.325 e. The molecule has 1 N–H and O–H groups in total. The van der Waals surface area contributed by atoms with Crippen LogP contribution in [-0.2, 0) is 4.79 Å². The summed E-state index contributed by atoms with van der Waals surface area (Å²) >= 11 is 6.91. The number of rotatable bonds is 6. The monoisotopic (exact) mass is 389 g/mol. The van der Waals surface area contributed by atoms with Crippen LogP contribution in [0.15, 0.2) is 60.0 Å². The maximum Gasteiger partial charge on any atom is 0.289 e. The van der Waals surface area contributed by atoms with E-state index in [0.29, 0.717) is 10.8 Å². The highest BCUT2D eigenvalue weighted by atomic mass is 35.5. The standard InChI is InChI=1S/C16H12ClN5O3S/c17-13-7-6-11(8-14(13)22(24)25)19-15(23)9-26-16-18-10-21(20-16)12-4-2-1-3-5-12/h1-8,10H,9H2,(H,19,23). The third-order valence-electron chi connectivity index (χ3n) is 3.25. The average molecular weight is 390 g/mol. The number of nitrogens with one attached hydrogen (secondary N) is 1. The molecule has 2 aromatic carbocycles. The number of thioether (sulfide) groups is 1. The topological polar surface area (TPSA) is 103 Å². The first-order valence-electron chi connectivity index (χ1n) is 7.36. The minimum absolute atomic E-state index is 0.0121. The molecule has 0 unspecified atom stereocenters. The molecule has 8 nitrogen and oxygen atoms in total. The molecule has 0 aliphatic heterocycles. The maximum atomic E-state index is 12.0. The predicted octanol–water partition coefficient (Wildman–Crippen LogP) is 3.56. The smallest absolute Gasteiger partial charge is 0.289 e. The highest BCUT2D eigenvalue weighted by molar-refractivity contribution is 7.99. The van der Waals surface area contributed by atoms with E-state index in [4.69, 9.17) is 11.6 Å². The highest BCUT2D eigenvalue weighted by Crippen LogP contribution is 2.27. The second-order valence-corrected chi connectivity index (χ2v) is 6.42. The Kier molecular flexibility index (Phi) is 5.49. The van der Waals surface area contributed by atoms with Crippen molar-refractivity contribution in [3.8, 4) is 5.69 Å². The van der Waals surface area contributed by atoms with Crippen molar-refractivity contribution in [3.05, 3.63) is 70.0 Å². The molecule has 0 aliphatic rings. The first kappa shape index (κ1) is 17.9. The summed E-state index contributed by atoms with van der Waals surface area (Å²) in [5.41, 5.74) is 0.902. The van der Waals surface area contributed by atoms with Crippen molar-refractivity contribution in [3.63, 3.8) is 0 Å². The first-order chi connectivity index (χ1) is 12.5. The van der Waals surface area contributed by atoms with E-state index in [0.717, 1.165) is 17.4 Å². The van der Waals surface area contributed by atoms with Crippen LogP contribution in [-0.4, -0.2) is 31.3 Å². The van der Waals surface area contributed by atoms with Crippen molar-refractivity contribution < 1.29 is 9.72 Å². The Morgan fingerprint density at radius 3 is 2.77 bits per heavy atom.